The Hall–Kier alpha value is -3.20. The summed E-state index contributed by atoms with van der Waals surface area (Å²) in [4.78, 5) is 27.1. The molecule has 2 atom stereocenters. The molecule has 0 aliphatic carbocycles. The van der Waals surface area contributed by atoms with Gasteiger partial charge in [0.2, 0.25) is 0 Å². The quantitative estimate of drug-likeness (QED) is 0.419. The van der Waals surface area contributed by atoms with Crippen molar-refractivity contribution in [2.24, 2.45) is 0 Å². The van der Waals surface area contributed by atoms with E-state index in [-0.39, 0.29) is 34.6 Å². The van der Waals surface area contributed by atoms with E-state index in [1.165, 1.54) is 30.3 Å². The zero-order valence-corrected chi connectivity index (χ0v) is 18.1. The van der Waals surface area contributed by atoms with Crippen molar-refractivity contribution in [1.29, 1.82) is 0 Å². The largest absolute Gasteiger partial charge is 0.507 e. The maximum atomic E-state index is 14.8. The fourth-order valence-electron chi connectivity index (χ4n) is 4.25. The zero-order valence-electron chi connectivity index (χ0n) is 17.3. The first-order valence-electron chi connectivity index (χ1n) is 10.2. The van der Waals surface area contributed by atoms with Gasteiger partial charge in [-0.15, -0.1) is 0 Å². The number of Topliss-reactive ketones (excluding diaryl/α,β-unsaturated/α-hetero) is 1. The third kappa shape index (κ3) is 3.88. The number of nitrogens with zero attached hydrogens (tertiary/aromatic N) is 1. The monoisotopic (exact) mass is 459 g/mol. The van der Waals surface area contributed by atoms with Crippen molar-refractivity contribution in [2.45, 2.75) is 25.4 Å². The van der Waals surface area contributed by atoms with Crippen LogP contribution in [-0.2, 0) is 19.4 Å². The smallest absolute Gasteiger partial charge is 0.295 e. The van der Waals surface area contributed by atoms with Gasteiger partial charge in [-0.2, -0.15) is 0 Å². The SMILES string of the molecule is CCOc1ccc(C(O)=C2C(=O)C(=O)N([C@@H]3CCS(=O)(=O)C3)[C@@H]2c2ccccc2F)cc1. The van der Waals surface area contributed by atoms with E-state index < -0.39 is 45.2 Å². The average molecular weight is 459 g/mol. The maximum absolute atomic E-state index is 14.8. The number of ether oxygens (including phenoxy) is 1. The molecule has 0 bridgehead atoms. The van der Waals surface area contributed by atoms with Crippen molar-refractivity contribution < 1.29 is 32.2 Å². The molecule has 2 aliphatic rings. The van der Waals surface area contributed by atoms with Gasteiger partial charge >= 0.3 is 0 Å². The first kappa shape index (κ1) is 22.0. The van der Waals surface area contributed by atoms with Gasteiger partial charge in [0.25, 0.3) is 11.7 Å². The van der Waals surface area contributed by atoms with Crippen molar-refractivity contribution in [3.63, 3.8) is 0 Å². The number of carbonyl (C=O) groups excluding carboxylic acids is 2. The van der Waals surface area contributed by atoms with Crippen LogP contribution in [0.15, 0.2) is 54.1 Å². The average Bonchev–Trinajstić information content (AvgIpc) is 3.25. The van der Waals surface area contributed by atoms with Gasteiger partial charge in [-0.05, 0) is 43.7 Å². The summed E-state index contributed by atoms with van der Waals surface area (Å²) in [6.45, 7) is 2.28. The number of amides is 1. The molecule has 0 spiro atoms. The summed E-state index contributed by atoms with van der Waals surface area (Å²) < 4.78 is 44.3. The first-order chi connectivity index (χ1) is 15.2. The summed E-state index contributed by atoms with van der Waals surface area (Å²) in [5, 5.41) is 11.0. The summed E-state index contributed by atoms with van der Waals surface area (Å²) in [5.41, 5.74) is 0.00359. The normalized spacial score (nSPS) is 24.1. The van der Waals surface area contributed by atoms with Crippen LogP contribution in [-0.4, -0.2) is 54.3 Å². The predicted octanol–water partition coefficient (Wildman–Crippen LogP) is 2.83. The summed E-state index contributed by atoms with van der Waals surface area (Å²) >= 11 is 0. The van der Waals surface area contributed by atoms with Crippen molar-refractivity contribution in [2.75, 3.05) is 18.1 Å². The molecule has 2 aromatic rings. The summed E-state index contributed by atoms with van der Waals surface area (Å²) in [5.74, 6) is -2.92. The molecule has 1 amide bonds. The van der Waals surface area contributed by atoms with Crippen LogP contribution in [0.25, 0.3) is 5.76 Å². The fourth-order valence-corrected chi connectivity index (χ4v) is 5.97. The highest BCUT2D eigenvalue weighted by Gasteiger charge is 2.51. The lowest BCUT2D eigenvalue weighted by Gasteiger charge is -2.30. The molecule has 0 unspecified atom stereocenters. The number of rotatable bonds is 5. The highest BCUT2D eigenvalue weighted by molar-refractivity contribution is 7.91. The van der Waals surface area contributed by atoms with Gasteiger partial charge < -0.3 is 14.7 Å². The Kier molecular flexibility index (Phi) is 5.77. The number of sulfone groups is 1. The number of ketones is 1. The molecule has 2 aliphatic heterocycles. The van der Waals surface area contributed by atoms with Crippen LogP contribution in [0, 0.1) is 5.82 Å². The van der Waals surface area contributed by atoms with Crippen LogP contribution >= 0.6 is 0 Å². The van der Waals surface area contributed by atoms with E-state index in [9.17, 15) is 27.5 Å². The van der Waals surface area contributed by atoms with Gasteiger partial charge in [0, 0.05) is 17.2 Å². The molecule has 7 nitrogen and oxygen atoms in total. The predicted molar refractivity (Wildman–Crippen MR) is 115 cm³/mol. The third-order valence-electron chi connectivity index (χ3n) is 5.72. The minimum absolute atomic E-state index is 0.0171. The van der Waals surface area contributed by atoms with Gasteiger partial charge in [0.05, 0.1) is 29.7 Å². The van der Waals surface area contributed by atoms with E-state index >= 15 is 0 Å². The second-order valence-electron chi connectivity index (χ2n) is 7.74. The van der Waals surface area contributed by atoms with E-state index in [2.05, 4.69) is 0 Å². The van der Waals surface area contributed by atoms with Crippen LogP contribution in [0.1, 0.15) is 30.5 Å². The van der Waals surface area contributed by atoms with Crippen molar-refractivity contribution in [3.8, 4) is 5.75 Å². The second kappa shape index (κ2) is 8.38. The number of aliphatic hydroxyl groups is 1. The van der Waals surface area contributed by atoms with E-state index in [1.54, 1.807) is 18.2 Å². The number of carbonyl (C=O) groups is 2. The lowest BCUT2D eigenvalue weighted by Crippen LogP contribution is -2.40. The van der Waals surface area contributed by atoms with E-state index in [0.29, 0.717) is 12.4 Å². The van der Waals surface area contributed by atoms with Gasteiger partial charge in [0.1, 0.15) is 17.3 Å². The van der Waals surface area contributed by atoms with Crippen molar-refractivity contribution in [1.82, 2.24) is 4.90 Å². The van der Waals surface area contributed by atoms with Gasteiger partial charge in [-0.3, -0.25) is 9.59 Å². The van der Waals surface area contributed by atoms with E-state index in [0.717, 1.165) is 4.90 Å². The molecule has 32 heavy (non-hydrogen) atoms. The highest BCUT2D eigenvalue weighted by Crippen LogP contribution is 2.43. The minimum Gasteiger partial charge on any atom is -0.507 e. The Bertz CT molecular complexity index is 1210. The molecular weight excluding hydrogens is 437 g/mol. The first-order valence-corrected chi connectivity index (χ1v) is 12.0. The Morgan fingerprint density at radius 3 is 2.44 bits per heavy atom. The van der Waals surface area contributed by atoms with Crippen LogP contribution in [0.4, 0.5) is 4.39 Å². The number of halogens is 1. The summed E-state index contributed by atoms with van der Waals surface area (Å²) in [6, 6.07) is 9.90. The van der Waals surface area contributed by atoms with E-state index in [1.807, 2.05) is 6.92 Å². The van der Waals surface area contributed by atoms with Crippen LogP contribution in [0.5, 0.6) is 5.75 Å². The maximum Gasteiger partial charge on any atom is 0.295 e. The zero-order chi connectivity index (χ0) is 23.0. The molecule has 0 radical (unpaired) electrons. The lowest BCUT2D eigenvalue weighted by molar-refractivity contribution is -0.141. The topological polar surface area (TPSA) is 101 Å². The number of likely N-dealkylation sites (tertiary alicyclic amines) is 1. The Morgan fingerprint density at radius 1 is 1.16 bits per heavy atom. The van der Waals surface area contributed by atoms with Gasteiger partial charge in [-0.25, -0.2) is 12.8 Å². The highest BCUT2D eigenvalue weighted by atomic mass is 32.2. The Balaban J connectivity index is 1.86. The molecule has 2 heterocycles. The van der Waals surface area contributed by atoms with E-state index in [4.69, 9.17) is 4.74 Å². The number of hydrogen-bond acceptors (Lipinski definition) is 6. The summed E-state index contributed by atoms with van der Waals surface area (Å²) in [7, 11) is -3.38. The molecule has 0 aromatic heterocycles. The number of benzene rings is 2. The molecule has 2 aromatic carbocycles. The third-order valence-corrected chi connectivity index (χ3v) is 7.47. The van der Waals surface area contributed by atoms with Crippen molar-refractivity contribution >= 4 is 27.3 Å². The number of hydrogen-bond donors (Lipinski definition) is 1. The lowest BCUT2D eigenvalue weighted by atomic mass is 9.94. The molecular formula is C23H22FNO6S. The molecule has 4 rings (SSSR count). The minimum atomic E-state index is -3.38. The molecule has 0 saturated carbocycles. The molecule has 2 fully saturated rings. The van der Waals surface area contributed by atoms with Crippen LogP contribution in [0.3, 0.4) is 0 Å². The molecule has 9 heteroatoms. The number of aliphatic hydroxyl groups excluding tert-OH is 1. The standard InChI is InChI=1S/C23H22FNO6S/c1-2-31-16-9-7-14(8-10-16)21(26)19-20(17-5-3-4-6-18(17)24)25(23(28)22(19)27)15-11-12-32(29,30)13-15/h3-10,15,20,26H,2,11-13H2,1H3/t15-,20-/m1/s1. The molecule has 168 valence electrons. The molecule has 1 N–H and O–H groups in total. The Labute approximate surface area is 185 Å². The fraction of sp³-hybridized carbons (Fsp3) is 0.304. The van der Waals surface area contributed by atoms with Gasteiger partial charge in [-0.1, -0.05) is 18.2 Å². The second-order valence-corrected chi connectivity index (χ2v) is 9.97. The Morgan fingerprint density at radius 2 is 1.84 bits per heavy atom. The van der Waals surface area contributed by atoms with Crippen molar-refractivity contribution in [3.05, 3.63) is 71.0 Å². The van der Waals surface area contributed by atoms with Gasteiger partial charge in [0.15, 0.2) is 9.84 Å². The van der Waals surface area contributed by atoms with Crippen LogP contribution in [0.2, 0.25) is 0 Å². The van der Waals surface area contributed by atoms with Crippen LogP contribution < -0.4 is 4.74 Å². The molecule has 2 saturated heterocycles. The summed E-state index contributed by atoms with van der Waals surface area (Å²) in [6.07, 6.45) is 0.142.